The maximum atomic E-state index is 12.6. The molecule has 0 unspecified atom stereocenters. The Morgan fingerprint density at radius 3 is 2.48 bits per heavy atom. The first kappa shape index (κ1) is 19.6. The Kier molecular flexibility index (Phi) is 5.67. The molecule has 6 nitrogen and oxygen atoms in total. The van der Waals surface area contributed by atoms with Crippen LogP contribution in [0.4, 0.5) is 11.4 Å². The summed E-state index contributed by atoms with van der Waals surface area (Å²) in [5.74, 6) is -0.918. The summed E-state index contributed by atoms with van der Waals surface area (Å²) in [5, 5.41) is 2.95. The third-order valence-electron chi connectivity index (χ3n) is 5.37. The quantitative estimate of drug-likeness (QED) is 0.689. The van der Waals surface area contributed by atoms with E-state index >= 15 is 0 Å². The molecule has 7 heteroatoms. The van der Waals surface area contributed by atoms with E-state index in [1.807, 2.05) is 24.3 Å². The largest absolute Gasteiger partial charge is 0.370 e. The van der Waals surface area contributed by atoms with E-state index in [1.54, 1.807) is 18.2 Å². The van der Waals surface area contributed by atoms with Gasteiger partial charge in [-0.2, -0.15) is 0 Å². The fourth-order valence-electron chi connectivity index (χ4n) is 3.88. The topological polar surface area (TPSA) is 69.7 Å². The zero-order valence-electron chi connectivity index (χ0n) is 16.0. The Hall–Kier alpha value is -2.67. The average Bonchev–Trinajstić information content (AvgIpc) is 2.97. The summed E-state index contributed by atoms with van der Waals surface area (Å²) in [6.45, 7) is 2.02. The number of fused-ring (bicyclic) bond motifs is 1. The van der Waals surface area contributed by atoms with E-state index in [-0.39, 0.29) is 30.7 Å². The smallest absolute Gasteiger partial charge is 0.261 e. The van der Waals surface area contributed by atoms with Crippen LogP contribution < -0.4 is 10.2 Å². The van der Waals surface area contributed by atoms with Crippen molar-refractivity contribution < 1.29 is 14.4 Å². The predicted molar refractivity (Wildman–Crippen MR) is 115 cm³/mol. The highest BCUT2D eigenvalue weighted by Crippen LogP contribution is 2.29. The van der Waals surface area contributed by atoms with Gasteiger partial charge in [0.2, 0.25) is 5.91 Å². The van der Waals surface area contributed by atoms with Crippen molar-refractivity contribution in [2.45, 2.75) is 25.7 Å². The van der Waals surface area contributed by atoms with Gasteiger partial charge in [0.25, 0.3) is 11.8 Å². The molecular formula is C22H22BrN3O3. The fraction of sp³-hybridized carbons (Fsp3) is 0.318. The number of nitrogens with one attached hydrogen (secondary N) is 1. The Morgan fingerprint density at radius 2 is 1.69 bits per heavy atom. The minimum Gasteiger partial charge on any atom is -0.370 e. The highest BCUT2D eigenvalue weighted by atomic mass is 79.9. The van der Waals surface area contributed by atoms with Gasteiger partial charge in [-0.1, -0.05) is 28.1 Å². The summed E-state index contributed by atoms with van der Waals surface area (Å²) in [5.41, 5.74) is 2.55. The van der Waals surface area contributed by atoms with E-state index in [1.165, 1.54) is 6.42 Å². The number of carbonyl (C=O) groups is 3. The van der Waals surface area contributed by atoms with E-state index in [0.717, 1.165) is 46.7 Å². The molecule has 0 saturated carbocycles. The van der Waals surface area contributed by atoms with E-state index < -0.39 is 0 Å². The molecule has 150 valence electrons. The Balaban J connectivity index is 1.40. The number of hydrogen-bond donors (Lipinski definition) is 1. The summed E-state index contributed by atoms with van der Waals surface area (Å²) in [6, 6.07) is 12.8. The van der Waals surface area contributed by atoms with Gasteiger partial charge in [0.1, 0.15) is 0 Å². The molecule has 0 aromatic heterocycles. The van der Waals surface area contributed by atoms with Gasteiger partial charge in [0.05, 0.1) is 22.5 Å². The summed E-state index contributed by atoms with van der Waals surface area (Å²) < 4.78 is 0.742. The van der Waals surface area contributed by atoms with Crippen LogP contribution in [0.2, 0.25) is 0 Å². The van der Waals surface area contributed by atoms with Crippen LogP contribution in [0.5, 0.6) is 0 Å². The van der Waals surface area contributed by atoms with Crippen molar-refractivity contribution in [1.29, 1.82) is 0 Å². The molecule has 29 heavy (non-hydrogen) atoms. The van der Waals surface area contributed by atoms with E-state index in [9.17, 15) is 14.4 Å². The molecule has 1 N–H and O–H groups in total. The molecule has 2 aliphatic heterocycles. The molecule has 0 aliphatic carbocycles. The molecule has 0 atom stereocenters. The fourth-order valence-corrected chi connectivity index (χ4v) is 4.24. The number of benzene rings is 2. The Bertz CT molecular complexity index is 970. The van der Waals surface area contributed by atoms with Crippen LogP contribution in [0, 0.1) is 0 Å². The van der Waals surface area contributed by atoms with Crippen LogP contribution >= 0.6 is 15.9 Å². The van der Waals surface area contributed by atoms with Crippen LogP contribution in [-0.4, -0.2) is 42.3 Å². The normalized spacial score (nSPS) is 16.2. The second-order valence-electron chi connectivity index (χ2n) is 7.31. The third-order valence-corrected chi connectivity index (χ3v) is 5.86. The van der Waals surface area contributed by atoms with Crippen LogP contribution in [-0.2, 0) is 4.79 Å². The molecule has 3 amide bonds. The van der Waals surface area contributed by atoms with Gasteiger partial charge in [-0.15, -0.1) is 0 Å². The van der Waals surface area contributed by atoms with Crippen LogP contribution in [0.15, 0.2) is 46.9 Å². The summed E-state index contributed by atoms with van der Waals surface area (Å²) >= 11 is 3.32. The Morgan fingerprint density at radius 1 is 0.966 bits per heavy atom. The number of nitrogens with zero attached hydrogens (tertiary/aromatic N) is 2. The molecule has 0 spiro atoms. The lowest BCUT2D eigenvalue weighted by molar-refractivity contribution is -0.116. The number of hydrogen-bond acceptors (Lipinski definition) is 4. The maximum absolute atomic E-state index is 12.6. The summed E-state index contributed by atoms with van der Waals surface area (Å²) in [6.07, 6.45) is 3.60. The first-order valence-corrected chi connectivity index (χ1v) is 10.6. The van der Waals surface area contributed by atoms with Crippen molar-refractivity contribution in [1.82, 2.24) is 4.90 Å². The van der Waals surface area contributed by atoms with Gasteiger partial charge in [-0.3, -0.25) is 19.3 Å². The first-order chi connectivity index (χ1) is 14.0. The molecular weight excluding hydrogens is 434 g/mol. The third kappa shape index (κ3) is 4.05. The van der Waals surface area contributed by atoms with E-state index in [4.69, 9.17) is 0 Å². The van der Waals surface area contributed by atoms with Crippen molar-refractivity contribution in [3.63, 3.8) is 0 Å². The lowest BCUT2D eigenvalue weighted by atomic mass is 10.1. The highest BCUT2D eigenvalue weighted by molar-refractivity contribution is 9.10. The molecule has 2 aromatic carbocycles. The molecule has 1 saturated heterocycles. The monoisotopic (exact) mass is 455 g/mol. The van der Waals surface area contributed by atoms with Gasteiger partial charge >= 0.3 is 0 Å². The standard InChI is InChI=1S/C22H22BrN3O3/c23-15-8-9-16-17(14-15)22(29)26(21(16)28)13-10-20(27)24-18-6-2-3-7-19(18)25-11-4-1-5-12-25/h2-3,6-9,14H,1,4-5,10-13H2,(H,24,27). The number of piperidine rings is 1. The van der Waals surface area contributed by atoms with Gasteiger partial charge in [-0.25, -0.2) is 0 Å². The van der Waals surface area contributed by atoms with Crippen molar-refractivity contribution in [3.05, 3.63) is 58.1 Å². The van der Waals surface area contributed by atoms with E-state index in [2.05, 4.69) is 26.1 Å². The van der Waals surface area contributed by atoms with Crippen LogP contribution in [0.1, 0.15) is 46.4 Å². The number of carbonyl (C=O) groups excluding carboxylic acids is 3. The molecule has 2 aromatic rings. The van der Waals surface area contributed by atoms with Gasteiger partial charge in [0, 0.05) is 30.5 Å². The molecule has 2 aliphatic rings. The number of halogens is 1. The average molecular weight is 456 g/mol. The summed E-state index contributed by atoms with van der Waals surface area (Å²) in [7, 11) is 0. The summed E-state index contributed by atoms with van der Waals surface area (Å²) in [4.78, 5) is 41.0. The molecule has 4 rings (SSSR count). The van der Waals surface area contributed by atoms with Gasteiger partial charge < -0.3 is 10.2 Å². The number of amides is 3. The lowest BCUT2D eigenvalue weighted by Crippen LogP contribution is -2.33. The minimum atomic E-state index is -0.354. The van der Waals surface area contributed by atoms with Gasteiger partial charge in [0.15, 0.2) is 0 Å². The zero-order chi connectivity index (χ0) is 20.4. The van der Waals surface area contributed by atoms with Crippen molar-refractivity contribution in [2.24, 2.45) is 0 Å². The number of para-hydroxylation sites is 2. The second kappa shape index (κ2) is 8.37. The number of rotatable bonds is 5. The highest BCUT2D eigenvalue weighted by Gasteiger charge is 2.35. The van der Waals surface area contributed by atoms with Crippen molar-refractivity contribution >= 4 is 45.0 Å². The second-order valence-corrected chi connectivity index (χ2v) is 8.23. The van der Waals surface area contributed by atoms with Crippen LogP contribution in [0.25, 0.3) is 0 Å². The SMILES string of the molecule is O=C(CCN1C(=O)c2ccc(Br)cc2C1=O)Nc1ccccc1N1CCCCC1. The van der Waals surface area contributed by atoms with Crippen molar-refractivity contribution in [2.75, 3.05) is 29.9 Å². The molecule has 0 bridgehead atoms. The van der Waals surface area contributed by atoms with E-state index in [0.29, 0.717) is 11.1 Å². The molecule has 2 heterocycles. The zero-order valence-corrected chi connectivity index (χ0v) is 17.6. The predicted octanol–water partition coefficient (Wildman–Crippen LogP) is 4.06. The number of imide groups is 1. The van der Waals surface area contributed by atoms with Crippen LogP contribution in [0.3, 0.4) is 0 Å². The first-order valence-electron chi connectivity index (χ1n) is 9.84. The maximum Gasteiger partial charge on any atom is 0.261 e. The minimum absolute atomic E-state index is 0.0565. The lowest BCUT2D eigenvalue weighted by Gasteiger charge is -2.30. The van der Waals surface area contributed by atoms with Crippen molar-refractivity contribution in [3.8, 4) is 0 Å². The molecule has 0 radical (unpaired) electrons. The number of anilines is 2. The molecule has 1 fully saturated rings. The van der Waals surface area contributed by atoms with Gasteiger partial charge in [-0.05, 0) is 49.6 Å². The Labute approximate surface area is 178 Å².